The second-order valence-electron chi connectivity index (χ2n) is 2.17. The second kappa shape index (κ2) is 4.45. The van der Waals surface area contributed by atoms with Gasteiger partial charge in [-0.2, -0.15) is 0 Å². The molecule has 0 bridgehead atoms. The number of rotatable bonds is 2. The van der Waals surface area contributed by atoms with Gasteiger partial charge >= 0.3 is 0 Å². The van der Waals surface area contributed by atoms with Gasteiger partial charge in [0.05, 0.1) is 15.6 Å². The number of thiophene rings is 1. The smallest absolute Gasteiger partial charge is 0.0856 e. The normalized spacial score (nSPS) is 11.7. The lowest BCUT2D eigenvalue weighted by Crippen LogP contribution is -1.89. The summed E-state index contributed by atoms with van der Waals surface area (Å²) in [5.74, 6) is 0. The lowest BCUT2D eigenvalue weighted by molar-refractivity contribution is 1.59. The van der Waals surface area contributed by atoms with Crippen LogP contribution in [0, 0.1) is 0 Å². The van der Waals surface area contributed by atoms with Gasteiger partial charge in [-0.25, -0.2) is 4.99 Å². The molecule has 0 radical (unpaired) electrons. The molecule has 0 saturated heterocycles. The van der Waals surface area contributed by atoms with Crippen LogP contribution in [-0.4, -0.2) is 5.04 Å². The highest BCUT2D eigenvalue weighted by atomic mass is 32.2. The summed E-state index contributed by atoms with van der Waals surface area (Å²) in [5.41, 5.74) is 0.778. The zero-order valence-corrected chi connectivity index (χ0v) is 8.41. The average molecular weight is 198 g/mol. The maximum Gasteiger partial charge on any atom is 0.0856 e. The van der Waals surface area contributed by atoms with E-state index < -0.39 is 0 Å². The molecule has 12 heavy (non-hydrogen) atoms. The first-order valence-electron chi connectivity index (χ1n) is 3.39. The monoisotopic (exact) mass is 198 g/mol. The van der Waals surface area contributed by atoms with Crippen molar-refractivity contribution in [2.24, 2.45) is 10.1 Å². The Balaban J connectivity index is 2.74. The van der Waals surface area contributed by atoms with E-state index in [2.05, 4.69) is 11.6 Å². The lowest BCUT2D eigenvalue weighted by Gasteiger charge is -1.96. The summed E-state index contributed by atoms with van der Waals surface area (Å²) in [4.78, 5) is 5.29. The molecule has 1 heterocycles. The first kappa shape index (κ1) is 9.51. The molecule has 0 fully saturated rings. The van der Waals surface area contributed by atoms with Crippen LogP contribution in [0.3, 0.4) is 0 Å². The third-order valence-corrected chi connectivity index (χ3v) is 2.62. The van der Waals surface area contributed by atoms with Crippen LogP contribution in [0.5, 0.6) is 0 Å². The van der Waals surface area contributed by atoms with E-state index in [1.807, 2.05) is 24.4 Å². The zero-order valence-electron chi connectivity index (χ0n) is 6.78. The minimum absolute atomic E-state index is 0.778. The Morgan fingerprint density at radius 2 is 2.50 bits per heavy atom. The van der Waals surface area contributed by atoms with Gasteiger partial charge in [-0.1, -0.05) is 12.6 Å². The van der Waals surface area contributed by atoms with E-state index in [0.29, 0.717) is 0 Å². The molecule has 2 N–H and O–H groups in total. The summed E-state index contributed by atoms with van der Waals surface area (Å²) in [7, 11) is 0. The maximum atomic E-state index is 5.32. The molecule has 0 saturated carbocycles. The van der Waals surface area contributed by atoms with Crippen LogP contribution >= 0.6 is 23.3 Å². The van der Waals surface area contributed by atoms with Crippen molar-refractivity contribution in [3.8, 4) is 0 Å². The SMILES string of the molecule is C=C(/N=C(/C)SN)c1cccs1. The van der Waals surface area contributed by atoms with Crippen molar-refractivity contribution in [1.29, 1.82) is 0 Å². The van der Waals surface area contributed by atoms with Crippen LogP contribution < -0.4 is 5.14 Å². The van der Waals surface area contributed by atoms with E-state index in [1.54, 1.807) is 11.3 Å². The standard InChI is InChI=1S/C8H10N2S2/c1-6(10-7(2)12-9)8-4-3-5-11-8/h3-5H,1,9H2,2H3/b10-7-. The molecular weight excluding hydrogens is 188 g/mol. The summed E-state index contributed by atoms with van der Waals surface area (Å²) < 4.78 is 0. The summed E-state index contributed by atoms with van der Waals surface area (Å²) in [6.07, 6.45) is 0. The van der Waals surface area contributed by atoms with E-state index in [9.17, 15) is 0 Å². The lowest BCUT2D eigenvalue weighted by atomic mass is 10.4. The topological polar surface area (TPSA) is 38.4 Å². The zero-order chi connectivity index (χ0) is 8.97. The molecule has 0 aliphatic carbocycles. The summed E-state index contributed by atoms with van der Waals surface area (Å²) in [6.45, 7) is 5.70. The van der Waals surface area contributed by atoms with Crippen LogP contribution in [0.1, 0.15) is 11.8 Å². The third kappa shape index (κ3) is 2.48. The van der Waals surface area contributed by atoms with Crippen molar-refractivity contribution in [3.05, 3.63) is 29.0 Å². The Kier molecular flexibility index (Phi) is 3.52. The molecule has 0 aliphatic rings. The molecule has 1 aromatic rings. The van der Waals surface area contributed by atoms with Crippen LogP contribution in [0.4, 0.5) is 0 Å². The van der Waals surface area contributed by atoms with E-state index in [-0.39, 0.29) is 0 Å². The van der Waals surface area contributed by atoms with Gasteiger partial charge in [0.1, 0.15) is 0 Å². The Morgan fingerprint density at radius 1 is 1.75 bits per heavy atom. The summed E-state index contributed by atoms with van der Waals surface area (Å²) >= 11 is 2.77. The number of hydrogen-bond acceptors (Lipinski definition) is 4. The van der Waals surface area contributed by atoms with Gasteiger partial charge in [-0.15, -0.1) is 11.3 Å². The second-order valence-corrected chi connectivity index (χ2v) is 3.95. The van der Waals surface area contributed by atoms with E-state index in [4.69, 9.17) is 5.14 Å². The van der Waals surface area contributed by atoms with Crippen molar-refractivity contribution < 1.29 is 0 Å². The molecule has 1 aromatic heterocycles. The quantitative estimate of drug-likeness (QED) is 0.451. The first-order chi connectivity index (χ1) is 5.74. The van der Waals surface area contributed by atoms with Gasteiger partial charge in [-0.3, -0.25) is 5.14 Å². The first-order valence-corrected chi connectivity index (χ1v) is 5.15. The van der Waals surface area contributed by atoms with Gasteiger partial charge in [0.25, 0.3) is 0 Å². The highest BCUT2D eigenvalue weighted by molar-refractivity contribution is 8.11. The number of nitrogens with two attached hydrogens (primary N) is 1. The molecule has 2 nitrogen and oxygen atoms in total. The van der Waals surface area contributed by atoms with Crippen LogP contribution in [0.25, 0.3) is 5.70 Å². The number of hydrogen-bond donors (Lipinski definition) is 1. The van der Waals surface area contributed by atoms with Crippen LogP contribution in [-0.2, 0) is 0 Å². The fraction of sp³-hybridized carbons (Fsp3) is 0.125. The third-order valence-electron chi connectivity index (χ3n) is 1.27. The maximum absolute atomic E-state index is 5.32. The van der Waals surface area contributed by atoms with Gasteiger partial charge < -0.3 is 0 Å². The fourth-order valence-corrected chi connectivity index (χ4v) is 1.52. The molecule has 0 aromatic carbocycles. The van der Waals surface area contributed by atoms with Crippen molar-refractivity contribution in [2.45, 2.75) is 6.92 Å². The minimum Gasteiger partial charge on any atom is -0.273 e. The van der Waals surface area contributed by atoms with E-state index in [0.717, 1.165) is 27.6 Å². The molecule has 0 aliphatic heterocycles. The van der Waals surface area contributed by atoms with Crippen molar-refractivity contribution in [3.63, 3.8) is 0 Å². The Labute approximate surface area is 80.3 Å². The average Bonchev–Trinajstić information content (AvgIpc) is 2.56. The van der Waals surface area contributed by atoms with Crippen LogP contribution in [0.2, 0.25) is 0 Å². The van der Waals surface area contributed by atoms with Crippen molar-refractivity contribution >= 4 is 34.0 Å². The predicted octanol–water partition coefficient (Wildman–Crippen LogP) is 2.74. The molecular formula is C8H10N2S2. The number of aliphatic imine (C=N–C) groups is 1. The molecule has 4 heteroatoms. The largest absolute Gasteiger partial charge is 0.273 e. The molecule has 0 atom stereocenters. The number of nitrogens with zero attached hydrogens (tertiary/aromatic N) is 1. The molecule has 0 amide bonds. The van der Waals surface area contributed by atoms with Gasteiger partial charge in [0.2, 0.25) is 0 Å². The Hall–Kier alpha value is -0.580. The molecule has 64 valence electrons. The highest BCUT2D eigenvalue weighted by Crippen LogP contribution is 2.20. The van der Waals surface area contributed by atoms with Crippen molar-refractivity contribution in [1.82, 2.24) is 0 Å². The Morgan fingerprint density at radius 3 is 3.00 bits per heavy atom. The van der Waals surface area contributed by atoms with Crippen molar-refractivity contribution in [2.75, 3.05) is 0 Å². The van der Waals surface area contributed by atoms with Gasteiger partial charge in [0.15, 0.2) is 0 Å². The molecule has 0 spiro atoms. The van der Waals surface area contributed by atoms with E-state index >= 15 is 0 Å². The summed E-state index contributed by atoms with van der Waals surface area (Å²) in [6, 6.07) is 3.97. The predicted molar refractivity (Wildman–Crippen MR) is 58.2 cm³/mol. The Bertz CT molecular complexity index is 288. The van der Waals surface area contributed by atoms with Crippen LogP contribution in [0.15, 0.2) is 29.1 Å². The molecule has 1 rings (SSSR count). The molecule has 0 unspecified atom stereocenters. The van der Waals surface area contributed by atoms with E-state index in [1.165, 1.54) is 0 Å². The van der Waals surface area contributed by atoms with Gasteiger partial charge in [0, 0.05) is 0 Å². The van der Waals surface area contributed by atoms with Gasteiger partial charge in [-0.05, 0) is 30.3 Å². The minimum atomic E-state index is 0.778. The highest BCUT2D eigenvalue weighted by Gasteiger charge is 1.97. The summed E-state index contributed by atoms with van der Waals surface area (Å²) in [5, 5.41) is 8.15. The fourth-order valence-electron chi connectivity index (χ4n) is 0.714.